The minimum atomic E-state index is -3.50. The molecular formula is C15H17BrN2O2S. The highest BCUT2D eigenvalue weighted by Crippen LogP contribution is 2.23. The molecule has 1 aromatic heterocycles. The number of hydrogen-bond acceptors (Lipinski definition) is 3. The fourth-order valence-electron chi connectivity index (χ4n) is 1.99. The van der Waals surface area contributed by atoms with Crippen LogP contribution in [-0.4, -0.2) is 24.3 Å². The number of rotatable bonds is 5. The lowest BCUT2D eigenvalue weighted by Gasteiger charge is -2.21. The maximum absolute atomic E-state index is 12.7. The van der Waals surface area contributed by atoms with Crippen LogP contribution in [-0.2, 0) is 16.6 Å². The van der Waals surface area contributed by atoms with Crippen LogP contribution in [0.3, 0.4) is 0 Å². The molecule has 0 radical (unpaired) electrons. The van der Waals surface area contributed by atoms with E-state index in [1.54, 1.807) is 30.6 Å². The standard InChI is InChI=1S/C15H17BrN2O2S/c1-3-18(11-13-6-8-17-9-7-13)21(19,20)14-4-5-15(16)12(2)10-14/h4-10H,3,11H2,1-2H3. The van der Waals surface area contributed by atoms with Crippen molar-refractivity contribution in [2.75, 3.05) is 6.54 Å². The lowest BCUT2D eigenvalue weighted by molar-refractivity contribution is 0.423. The maximum Gasteiger partial charge on any atom is 0.243 e. The van der Waals surface area contributed by atoms with E-state index < -0.39 is 10.0 Å². The van der Waals surface area contributed by atoms with Gasteiger partial charge in [0.1, 0.15) is 0 Å². The lowest BCUT2D eigenvalue weighted by Crippen LogP contribution is -2.30. The minimum Gasteiger partial charge on any atom is -0.265 e. The van der Waals surface area contributed by atoms with E-state index in [0.29, 0.717) is 18.0 Å². The number of halogens is 1. The Morgan fingerprint density at radius 1 is 1.19 bits per heavy atom. The molecule has 2 rings (SSSR count). The Balaban J connectivity index is 2.33. The summed E-state index contributed by atoms with van der Waals surface area (Å²) in [6.07, 6.45) is 3.33. The van der Waals surface area contributed by atoms with Crippen LogP contribution in [0.2, 0.25) is 0 Å². The molecule has 0 aliphatic heterocycles. The molecule has 0 fully saturated rings. The fraction of sp³-hybridized carbons (Fsp3) is 0.267. The van der Waals surface area contributed by atoms with Gasteiger partial charge in [0.05, 0.1) is 4.90 Å². The van der Waals surface area contributed by atoms with Crippen LogP contribution >= 0.6 is 15.9 Å². The molecule has 0 aliphatic rings. The van der Waals surface area contributed by atoms with Gasteiger partial charge in [-0.1, -0.05) is 22.9 Å². The van der Waals surface area contributed by atoms with E-state index in [0.717, 1.165) is 15.6 Å². The largest absolute Gasteiger partial charge is 0.265 e. The SMILES string of the molecule is CCN(Cc1ccncc1)S(=O)(=O)c1ccc(Br)c(C)c1. The summed E-state index contributed by atoms with van der Waals surface area (Å²) in [5.41, 5.74) is 1.82. The smallest absolute Gasteiger partial charge is 0.243 e. The summed E-state index contributed by atoms with van der Waals surface area (Å²) in [5, 5.41) is 0. The Morgan fingerprint density at radius 2 is 1.86 bits per heavy atom. The Morgan fingerprint density at radius 3 is 2.43 bits per heavy atom. The Labute approximate surface area is 134 Å². The molecule has 0 amide bonds. The van der Waals surface area contributed by atoms with Crippen molar-refractivity contribution < 1.29 is 8.42 Å². The fourth-order valence-corrected chi connectivity index (χ4v) is 3.75. The third kappa shape index (κ3) is 3.70. The van der Waals surface area contributed by atoms with Crippen molar-refractivity contribution in [3.8, 4) is 0 Å². The van der Waals surface area contributed by atoms with E-state index in [1.165, 1.54) is 4.31 Å². The van der Waals surface area contributed by atoms with Crippen LogP contribution in [0.25, 0.3) is 0 Å². The molecule has 1 heterocycles. The number of sulfonamides is 1. The van der Waals surface area contributed by atoms with Gasteiger partial charge in [0.25, 0.3) is 0 Å². The summed E-state index contributed by atoms with van der Waals surface area (Å²) < 4.78 is 27.8. The van der Waals surface area contributed by atoms with Gasteiger partial charge in [0.2, 0.25) is 10.0 Å². The highest BCUT2D eigenvalue weighted by Gasteiger charge is 2.23. The molecule has 0 saturated heterocycles. The third-order valence-corrected chi connectivity index (χ3v) is 6.03. The minimum absolute atomic E-state index is 0.319. The van der Waals surface area contributed by atoms with Gasteiger partial charge < -0.3 is 0 Å². The third-order valence-electron chi connectivity index (χ3n) is 3.23. The molecule has 2 aromatic rings. The topological polar surface area (TPSA) is 50.3 Å². The van der Waals surface area contributed by atoms with Crippen LogP contribution in [0, 0.1) is 6.92 Å². The molecule has 0 unspecified atom stereocenters. The molecule has 6 heteroatoms. The van der Waals surface area contributed by atoms with E-state index in [9.17, 15) is 8.42 Å². The van der Waals surface area contributed by atoms with Gasteiger partial charge in [-0.2, -0.15) is 4.31 Å². The van der Waals surface area contributed by atoms with E-state index in [1.807, 2.05) is 26.0 Å². The predicted octanol–water partition coefficient (Wildman–Crippen LogP) is 3.36. The van der Waals surface area contributed by atoms with Gasteiger partial charge in [0.15, 0.2) is 0 Å². The molecule has 0 saturated carbocycles. The molecule has 0 aliphatic carbocycles. The van der Waals surface area contributed by atoms with Gasteiger partial charge in [-0.15, -0.1) is 0 Å². The molecule has 4 nitrogen and oxygen atoms in total. The number of hydrogen-bond donors (Lipinski definition) is 0. The van der Waals surface area contributed by atoms with Crippen LogP contribution in [0.15, 0.2) is 52.1 Å². The molecule has 0 spiro atoms. The van der Waals surface area contributed by atoms with Crippen LogP contribution in [0.4, 0.5) is 0 Å². The average Bonchev–Trinajstić information content (AvgIpc) is 2.48. The summed E-state index contributed by atoms with van der Waals surface area (Å²) in [5.74, 6) is 0. The van der Waals surface area contributed by atoms with Crippen LogP contribution in [0.5, 0.6) is 0 Å². The van der Waals surface area contributed by atoms with Crippen LogP contribution < -0.4 is 0 Å². The van der Waals surface area contributed by atoms with Crippen molar-refractivity contribution in [1.82, 2.24) is 9.29 Å². The highest BCUT2D eigenvalue weighted by molar-refractivity contribution is 9.10. The van der Waals surface area contributed by atoms with Crippen molar-refractivity contribution in [2.24, 2.45) is 0 Å². The zero-order chi connectivity index (χ0) is 15.5. The second kappa shape index (κ2) is 6.68. The molecule has 0 atom stereocenters. The summed E-state index contributed by atoms with van der Waals surface area (Å²) in [6, 6.07) is 8.73. The quantitative estimate of drug-likeness (QED) is 0.812. The maximum atomic E-state index is 12.7. The van der Waals surface area contributed by atoms with Crippen LogP contribution in [0.1, 0.15) is 18.1 Å². The Hall–Kier alpha value is -1.24. The van der Waals surface area contributed by atoms with Crippen molar-refractivity contribution in [3.63, 3.8) is 0 Å². The second-order valence-corrected chi connectivity index (χ2v) is 7.49. The normalized spacial score (nSPS) is 11.8. The van der Waals surface area contributed by atoms with E-state index in [2.05, 4.69) is 20.9 Å². The molecule has 0 bridgehead atoms. The molecule has 112 valence electrons. The molecular weight excluding hydrogens is 352 g/mol. The van der Waals surface area contributed by atoms with Gasteiger partial charge in [-0.05, 0) is 48.4 Å². The summed E-state index contributed by atoms with van der Waals surface area (Å²) in [6.45, 7) is 4.48. The number of nitrogens with zero attached hydrogens (tertiary/aromatic N) is 2. The van der Waals surface area contributed by atoms with Gasteiger partial charge >= 0.3 is 0 Å². The first kappa shape index (κ1) is 16.1. The van der Waals surface area contributed by atoms with Crippen molar-refractivity contribution in [1.29, 1.82) is 0 Å². The molecule has 1 aromatic carbocycles. The van der Waals surface area contributed by atoms with E-state index >= 15 is 0 Å². The second-order valence-electron chi connectivity index (χ2n) is 4.70. The number of pyridine rings is 1. The number of aromatic nitrogens is 1. The Kier molecular flexibility index (Phi) is 5.13. The average molecular weight is 369 g/mol. The first-order valence-corrected chi connectivity index (χ1v) is 8.83. The lowest BCUT2D eigenvalue weighted by atomic mass is 10.2. The van der Waals surface area contributed by atoms with Gasteiger partial charge in [0, 0.05) is 30.0 Å². The summed E-state index contributed by atoms with van der Waals surface area (Å²) in [4.78, 5) is 4.27. The highest BCUT2D eigenvalue weighted by atomic mass is 79.9. The van der Waals surface area contributed by atoms with Crippen molar-refractivity contribution in [2.45, 2.75) is 25.3 Å². The first-order valence-electron chi connectivity index (χ1n) is 6.60. The first-order chi connectivity index (χ1) is 9.95. The monoisotopic (exact) mass is 368 g/mol. The zero-order valence-electron chi connectivity index (χ0n) is 12.0. The summed E-state index contributed by atoms with van der Waals surface area (Å²) in [7, 11) is -3.50. The Bertz CT molecular complexity index is 718. The zero-order valence-corrected chi connectivity index (χ0v) is 14.4. The predicted molar refractivity (Wildman–Crippen MR) is 86.4 cm³/mol. The molecule has 21 heavy (non-hydrogen) atoms. The van der Waals surface area contributed by atoms with Crippen molar-refractivity contribution >= 4 is 26.0 Å². The van der Waals surface area contributed by atoms with Gasteiger partial charge in [-0.25, -0.2) is 8.42 Å². The van der Waals surface area contributed by atoms with E-state index in [-0.39, 0.29) is 0 Å². The van der Waals surface area contributed by atoms with Gasteiger partial charge in [-0.3, -0.25) is 4.98 Å². The molecule has 0 N–H and O–H groups in total. The van der Waals surface area contributed by atoms with Crippen molar-refractivity contribution in [3.05, 3.63) is 58.3 Å². The summed E-state index contributed by atoms with van der Waals surface area (Å²) >= 11 is 3.39. The van der Waals surface area contributed by atoms with E-state index in [4.69, 9.17) is 0 Å². The number of aryl methyl sites for hydroxylation is 1. The number of benzene rings is 1.